The van der Waals surface area contributed by atoms with Crippen molar-refractivity contribution in [3.63, 3.8) is 0 Å². The van der Waals surface area contributed by atoms with Gasteiger partial charge >= 0.3 is 0 Å². The summed E-state index contributed by atoms with van der Waals surface area (Å²) in [7, 11) is 0. The molecule has 1 N–H and O–H groups in total. The summed E-state index contributed by atoms with van der Waals surface area (Å²) in [5.74, 6) is -0.385. The Kier molecular flexibility index (Phi) is 3.82. The van der Waals surface area contributed by atoms with Crippen molar-refractivity contribution in [1.29, 1.82) is 0 Å². The zero-order chi connectivity index (χ0) is 12.3. The lowest BCUT2D eigenvalue weighted by atomic mass is 10.0. The molecule has 0 radical (unpaired) electrons. The Hall–Kier alpha value is -1.32. The van der Waals surface area contributed by atoms with Crippen LogP contribution in [0.1, 0.15) is 11.1 Å². The maximum Gasteiger partial charge on any atom is 0.127 e. The van der Waals surface area contributed by atoms with Crippen molar-refractivity contribution in [3.05, 3.63) is 58.8 Å². The Bertz CT molecular complexity index is 462. The van der Waals surface area contributed by atoms with Gasteiger partial charge in [0.05, 0.1) is 18.6 Å². The first-order valence-electron chi connectivity index (χ1n) is 5.29. The number of aliphatic hydroxyl groups is 1. The van der Waals surface area contributed by atoms with Gasteiger partial charge < -0.3 is 9.52 Å². The molecule has 2 nitrogen and oxygen atoms in total. The maximum atomic E-state index is 13.5. The summed E-state index contributed by atoms with van der Waals surface area (Å²) < 4.78 is 18.4. The van der Waals surface area contributed by atoms with E-state index in [0.717, 1.165) is 5.56 Å². The molecule has 0 aliphatic rings. The highest BCUT2D eigenvalue weighted by Crippen LogP contribution is 2.21. The molecule has 1 heterocycles. The molecule has 17 heavy (non-hydrogen) atoms. The lowest BCUT2D eigenvalue weighted by Crippen LogP contribution is -2.14. The maximum absolute atomic E-state index is 13.5. The first kappa shape index (κ1) is 12.1. The minimum absolute atomic E-state index is 0.191. The summed E-state index contributed by atoms with van der Waals surface area (Å²) in [5.41, 5.74) is 1.23. The minimum Gasteiger partial charge on any atom is -0.472 e. The molecule has 0 amide bonds. The van der Waals surface area contributed by atoms with Gasteiger partial charge in [0.25, 0.3) is 0 Å². The van der Waals surface area contributed by atoms with Gasteiger partial charge in [-0.1, -0.05) is 17.7 Å². The van der Waals surface area contributed by atoms with Crippen LogP contribution in [0.3, 0.4) is 0 Å². The fraction of sp³-hybridized carbons (Fsp3) is 0.231. The van der Waals surface area contributed by atoms with E-state index in [9.17, 15) is 9.50 Å². The second-order valence-corrected chi connectivity index (χ2v) is 4.30. The van der Waals surface area contributed by atoms with Crippen molar-refractivity contribution in [2.75, 3.05) is 0 Å². The van der Waals surface area contributed by atoms with Crippen LogP contribution in [0.4, 0.5) is 4.39 Å². The molecule has 1 aromatic heterocycles. The molecule has 0 saturated carbocycles. The zero-order valence-corrected chi connectivity index (χ0v) is 9.82. The van der Waals surface area contributed by atoms with E-state index in [1.54, 1.807) is 24.5 Å². The van der Waals surface area contributed by atoms with Gasteiger partial charge in [-0.2, -0.15) is 0 Å². The second kappa shape index (κ2) is 5.34. The van der Waals surface area contributed by atoms with Crippen LogP contribution in [0.2, 0.25) is 5.02 Å². The average Bonchev–Trinajstić information content (AvgIpc) is 2.76. The van der Waals surface area contributed by atoms with Crippen molar-refractivity contribution >= 4 is 11.6 Å². The number of hydrogen-bond donors (Lipinski definition) is 1. The average molecular weight is 255 g/mol. The van der Waals surface area contributed by atoms with E-state index in [1.807, 2.05) is 0 Å². The van der Waals surface area contributed by atoms with E-state index in [2.05, 4.69) is 0 Å². The van der Waals surface area contributed by atoms with Crippen molar-refractivity contribution in [1.82, 2.24) is 0 Å². The van der Waals surface area contributed by atoms with Gasteiger partial charge in [-0.15, -0.1) is 0 Å². The van der Waals surface area contributed by atoms with Crippen LogP contribution in [0.25, 0.3) is 0 Å². The Balaban J connectivity index is 2.05. The second-order valence-electron chi connectivity index (χ2n) is 3.89. The van der Waals surface area contributed by atoms with Gasteiger partial charge in [-0.25, -0.2) is 4.39 Å². The first-order valence-corrected chi connectivity index (χ1v) is 5.66. The van der Waals surface area contributed by atoms with Gasteiger partial charge in [0.1, 0.15) is 5.82 Å². The molecule has 0 aliphatic carbocycles. The molecule has 0 saturated heterocycles. The molecule has 1 unspecified atom stereocenters. The van der Waals surface area contributed by atoms with E-state index in [1.165, 1.54) is 12.3 Å². The van der Waals surface area contributed by atoms with Crippen molar-refractivity contribution in [2.24, 2.45) is 0 Å². The molecule has 90 valence electrons. The molecule has 2 aromatic rings. The largest absolute Gasteiger partial charge is 0.472 e. The molecule has 1 atom stereocenters. The molecule has 2 rings (SSSR count). The summed E-state index contributed by atoms with van der Waals surface area (Å²) in [4.78, 5) is 0. The van der Waals surface area contributed by atoms with Crippen LogP contribution in [-0.2, 0) is 12.8 Å². The van der Waals surface area contributed by atoms with E-state index < -0.39 is 6.10 Å². The molecule has 0 bridgehead atoms. The summed E-state index contributed by atoms with van der Waals surface area (Å²) in [5, 5.41) is 10.2. The molecular weight excluding hydrogens is 243 g/mol. The quantitative estimate of drug-likeness (QED) is 0.909. The Morgan fingerprint density at radius 2 is 2.12 bits per heavy atom. The van der Waals surface area contributed by atoms with E-state index in [0.29, 0.717) is 17.0 Å². The third-order valence-electron chi connectivity index (χ3n) is 2.55. The lowest BCUT2D eigenvalue weighted by Gasteiger charge is -2.11. The number of furan rings is 1. The summed E-state index contributed by atoms with van der Waals surface area (Å²) in [6.45, 7) is 0. The fourth-order valence-electron chi connectivity index (χ4n) is 1.72. The van der Waals surface area contributed by atoms with Crippen LogP contribution in [0.15, 0.2) is 41.2 Å². The van der Waals surface area contributed by atoms with Crippen molar-refractivity contribution in [3.8, 4) is 0 Å². The highest BCUT2D eigenvalue weighted by Gasteiger charge is 2.13. The van der Waals surface area contributed by atoms with Crippen molar-refractivity contribution in [2.45, 2.75) is 18.9 Å². The molecule has 0 spiro atoms. The SMILES string of the molecule is OC(Cc1ccoc1)Cc1c(F)cccc1Cl. The monoisotopic (exact) mass is 254 g/mol. The van der Waals surface area contributed by atoms with Crippen LogP contribution >= 0.6 is 11.6 Å². The predicted molar refractivity (Wildman–Crippen MR) is 63.5 cm³/mol. The Labute approximate surface area is 104 Å². The molecule has 4 heteroatoms. The third kappa shape index (κ3) is 3.08. The smallest absolute Gasteiger partial charge is 0.127 e. The number of halogens is 2. The van der Waals surface area contributed by atoms with Gasteiger partial charge in [0.2, 0.25) is 0 Å². The van der Waals surface area contributed by atoms with Crippen LogP contribution in [0.5, 0.6) is 0 Å². The van der Waals surface area contributed by atoms with Gasteiger partial charge in [0.15, 0.2) is 0 Å². The van der Waals surface area contributed by atoms with E-state index >= 15 is 0 Å². The van der Waals surface area contributed by atoms with Gasteiger partial charge in [-0.3, -0.25) is 0 Å². The number of rotatable bonds is 4. The fourth-order valence-corrected chi connectivity index (χ4v) is 1.96. The van der Waals surface area contributed by atoms with Gasteiger partial charge in [0, 0.05) is 23.4 Å². The summed E-state index contributed by atoms with van der Waals surface area (Å²) in [6.07, 6.45) is 3.03. The molecular formula is C13H12ClFO2. The van der Waals surface area contributed by atoms with Crippen LogP contribution < -0.4 is 0 Å². The highest BCUT2D eigenvalue weighted by molar-refractivity contribution is 6.31. The molecule has 0 fully saturated rings. The number of benzene rings is 1. The van der Waals surface area contributed by atoms with E-state index in [-0.39, 0.29) is 12.2 Å². The molecule has 1 aromatic carbocycles. The zero-order valence-electron chi connectivity index (χ0n) is 9.07. The third-order valence-corrected chi connectivity index (χ3v) is 2.91. The normalized spacial score (nSPS) is 12.6. The predicted octanol–water partition coefficient (Wildman–Crippen LogP) is 3.22. The topological polar surface area (TPSA) is 33.4 Å². The first-order chi connectivity index (χ1) is 8.16. The lowest BCUT2D eigenvalue weighted by molar-refractivity contribution is 0.174. The number of hydrogen-bond acceptors (Lipinski definition) is 2. The standard InChI is InChI=1S/C13H12ClFO2/c14-12-2-1-3-13(15)11(12)7-10(16)6-9-4-5-17-8-9/h1-5,8,10,16H,6-7H2. The summed E-state index contributed by atoms with van der Waals surface area (Å²) >= 11 is 5.89. The van der Waals surface area contributed by atoms with Gasteiger partial charge in [-0.05, 0) is 23.8 Å². The Morgan fingerprint density at radius 1 is 1.29 bits per heavy atom. The minimum atomic E-state index is -0.679. The van der Waals surface area contributed by atoms with E-state index in [4.69, 9.17) is 16.0 Å². The molecule has 0 aliphatic heterocycles. The Morgan fingerprint density at radius 3 is 2.76 bits per heavy atom. The summed E-state index contributed by atoms with van der Waals surface area (Å²) in [6, 6.07) is 6.27. The van der Waals surface area contributed by atoms with Crippen LogP contribution in [-0.4, -0.2) is 11.2 Å². The number of aliphatic hydroxyl groups excluding tert-OH is 1. The van der Waals surface area contributed by atoms with Crippen LogP contribution in [0, 0.1) is 5.82 Å². The van der Waals surface area contributed by atoms with Crippen molar-refractivity contribution < 1.29 is 13.9 Å². The highest BCUT2D eigenvalue weighted by atomic mass is 35.5.